The molecule has 6 heteroatoms. The number of aromatic nitrogens is 3. The molecule has 1 spiro atoms. The van der Waals surface area contributed by atoms with Crippen LogP contribution in [0.2, 0.25) is 0 Å². The van der Waals surface area contributed by atoms with Crippen LogP contribution in [-0.4, -0.2) is 15.0 Å². The monoisotopic (exact) mass is 689 g/mol. The first-order valence-electron chi connectivity index (χ1n) is 17.6. The van der Waals surface area contributed by atoms with Gasteiger partial charge in [0.05, 0.1) is 18.1 Å². The molecule has 0 atom stereocenters. The summed E-state index contributed by atoms with van der Waals surface area (Å²) in [5, 5.41) is 9.54. The van der Waals surface area contributed by atoms with Gasteiger partial charge in [-0.1, -0.05) is 127 Å². The van der Waals surface area contributed by atoms with Gasteiger partial charge in [0, 0.05) is 33.4 Å². The summed E-state index contributed by atoms with van der Waals surface area (Å²) in [6.45, 7) is 7.49. The Bertz CT molecular complexity index is 2810. The zero-order valence-corrected chi connectivity index (χ0v) is 28.7. The molecule has 10 rings (SSSR count). The summed E-state index contributed by atoms with van der Waals surface area (Å²) in [5.41, 5.74) is 11.4. The lowest BCUT2D eigenvalue weighted by atomic mass is 9.66. The van der Waals surface area contributed by atoms with Gasteiger partial charge >= 0.3 is 0 Å². The smallest absolute Gasteiger partial charge is 0.189 e. The van der Waals surface area contributed by atoms with E-state index in [-0.39, 0.29) is 0 Å². The van der Waals surface area contributed by atoms with Crippen LogP contribution in [0.1, 0.15) is 27.8 Å². The van der Waals surface area contributed by atoms with E-state index in [1.807, 2.05) is 66.7 Å². The molecule has 0 bridgehead atoms. The standard InChI is InChI=1S/C48H27N5O/c1-50-36-26-30(29-49)25-35(27-36)31-19-21-33(22-20-31)46-51-45(32-11-3-2-4-12-32)52-47(53-46)34-23-24-38-37-13-5-6-14-39(37)48(42(38)28-34)40-15-7-9-17-43(40)54-44-18-10-8-16-41(44)48/h2-28H. The fourth-order valence-electron chi connectivity index (χ4n) is 8.06. The van der Waals surface area contributed by atoms with Gasteiger partial charge in [-0.25, -0.2) is 19.8 Å². The largest absolute Gasteiger partial charge is 0.457 e. The van der Waals surface area contributed by atoms with Crippen molar-refractivity contribution in [3.8, 4) is 74.0 Å². The van der Waals surface area contributed by atoms with Crippen molar-refractivity contribution in [2.24, 2.45) is 0 Å². The average Bonchev–Trinajstić information content (AvgIpc) is 3.53. The number of benzene rings is 7. The van der Waals surface area contributed by atoms with Crippen molar-refractivity contribution in [1.82, 2.24) is 15.0 Å². The van der Waals surface area contributed by atoms with Crippen molar-refractivity contribution in [1.29, 1.82) is 5.26 Å². The number of ether oxygens (including phenoxy) is 1. The van der Waals surface area contributed by atoms with E-state index in [4.69, 9.17) is 26.3 Å². The lowest BCUT2D eigenvalue weighted by molar-refractivity contribution is 0.436. The first-order chi connectivity index (χ1) is 26.6. The lowest BCUT2D eigenvalue weighted by Crippen LogP contribution is -2.32. The van der Waals surface area contributed by atoms with Gasteiger partial charge in [-0.05, 0) is 69.8 Å². The average molecular weight is 690 g/mol. The maximum atomic E-state index is 9.54. The highest BCUT2D eigenvalue weighted by atomic mass is 16.5. The van der Waals surface area contributed by atoms with E-state index in [1.54, 1.807) is 18.2 Å². The van der Waals surface area contributed by atoms with E-state index in [9.17, 15) is 5.26 Å². The van der Waals surface area contributed by atoms with Crippen LogP contribution in [0.3, 0.4) is 0 Å². The minimum Gasteiger partial charge on any atom is -0.457 e. The first kappa shape index (κ1) is 31.1. The van der Waals surface area contributed by atoms with Crippen LogP contribution in [0.25, 0.3) is 61.3 Å². The molecule has 6 nitrogen and oxygen atoms in total. The van der Waals surface area contributed by atoms with E-state index in [1.165, 1.54) is 11.1 Å². The van der Waals surface area contributed by atoms with E-state index in [0.717, 1.165) is 61.6 Å². The molecule has 0 saturated heterocycles. The highest BCUT2D eigenvalue weighted by molar-refractivity contribution is 5.90. The molecule has 1 aliphatic heterocycles. The fourth-order valence-corrected chi connectivity index (χ4v) is 8.06. The molecule has 1 aliphatic carbocycles. The van der Waals surface area contributed by atoms with E-state index < -0.39 is 5.41 Å². The second-order valence-corrected chi connectivity index (χ2v) is 13.4. The topological polar surface area (TPSA) is 76.0 Å². The van der Waals surface area contributed by atoms with Crippen LogP contribution >= 0.6 is 0 Å². The lowest BCUT2D eigenvalue weighted by Gasteiger charge is -2.39. The predicted octanol–water partition coefficient (Wildman–Crippen LogP) is 11.4. The molecule has 2 aliphatic rings. The molecule has 0 radical (unpaired) electrons. The number of para-hydroxylation sites is 2. The van der Waals surface area contributed by atoms with Crippen molar-refractivity contribution in [3.63, 3.8) is 0 Å². The molecule has 0 saturated carbocycles. The summed E-state index contributed by atoms with van der Waals surface area (Å²) in [5.74, 6) is 3.35. The quantitative estimate of drug-likeness (QED) is 0.172. The summed E-state index contributed by atoms with van der Waals surface area (Å²) in [6, 6.07) is 57.1. The number of nitrogens with zero attached hydrogens (tertiary/aromatic N) is 5. The molecule has 250 valence electrons. The number of hydrogen-bond acceptors (Lipinski definition) is 5. The van der Waals surface area contributed by atoms with Crippen molar-refractivity contribution in [2.45, 2.75) is 5.41 Å². The molecular formula is C48H27N5O. The highest BCUT2D eigenvalue weighted by Gasteiger charge is 2.51. The van der Waals surface area contributed by atoms with Crippen LogP contribution in [0.4, 0.5) is 5.69 Å². The zero-order valence-electron chi connectivity index (χ0n) is 28.7. The van der Waals surface area contributed by atoms with Crippen molar-refractivity contribution in [3.05, 3.63) is 203 Å². The fraction of sp³-hybridized carbons (Fsp3) is 0.0208. The van der Waals surface area contributed by atoms with Crippen molar-refractivity contribution in [2.75, 3.05) is 0 Å². The minimum absolute atomic E-state index is 0.426. The second-order valence-electron chi connectivity index (χ2n) is 13.4. The van der Waals surface area contributed by atoms with Gasteiger partial charge in [0.1, 0.15) is 11.5 Å². The van der Waals surface area contributed by atoms with Crippen LogP contribution in [-0.2, 0) is 5.41 Å². The van der Waals surface area contributed by atoms with E-state index in [0.29, 0.717) is 28.7 Å². The van der Waals surface area contributed by atoms with Crippen LogP contribution < -0.4 is 4.74 Å². The van der Waals surface area contributed by atoms with Gasteiger partial charge in [-0.15, -0.1) is 0 Å². The summed E-state index contributed by atoms with van der Waals surface area (Å²) in [4.78, 5) is 18.8. The number of fused-ring (bicyclic) bond motifs is 9. The minimum atomic E-state index is -0.614. The number of hydrogen-bond donors (Lipinski definition) is 0. The molecule has 1 aromatic heterocycles. The van der Waals surface area contributed by atoms with Gasteiger partial charge in [0.25, 0.3) is 0 Å². The Morgan fingerprint density at radius 3 is 1.69 bits per heavy atom. The van der Waals surface area contributed by atoms with E-state index in [2.05, 4.69) is 89.8 Å². The third-order valence-corrected chi connectivity index (χ3v) is 10.4. The summed E-state index contributed by atoms with van der Waals surface area (Å²) in [7, 11) is 0. The molecular weight excluding hydrogens is 663 g/mol. The summed E-state index contributed by atoms with van der Waals surface area (Å²) in [6.07, 6.45) is 0. The van der Waals surface area contributed by atoms with Gasteiger partial charge in [-0.3, -0.25) is 0 Å². The molecule has 0 unspecified atom stereocenters. The number of rotatable bonds is 4. The normalized spacial score (nSPS) is 12.7. The number of nitriles is 1. The summed E-state index contributed by atoms with van der Waals surface area (Å²) < 4.78 is 6.54. The maximum Gasteiger partial charge on any atom is 0.189 e. The Morgan fingerprint density at radius 2 is 1.02 bits per heavy atom. The Morgan fingerprint density at radius 1 is 0.481 bits per heavy atom. The third-order valence-electron chi connectivity index (χ3n) is 10.4. The molecule has 0 fully saturated rings. The maximum absolute atomic E-state index is 9.54. The highest BCUT2D eigenvalue weighted by Crippen LogP contribution is 2.62. The Kier molecular flexibility index (Phi) is 7.05. The van der Waals surface area contributed by atoms with Gasteiger partial charge in [0.15, 0.2) is 23.2 Å². The Labute approximate surface area is 312 Å². The van der Waals surface area contributed by atoms with Crippen LogP contribution in [0, 0.1) is 17.9 Å². The zero-order chi connectivity index (χ0) is 36.2. The molecule has 8 aromatic rings. The molecule has 0 N–H and O–H groups in total. The van der Waals surface area contributed by atoms with Gasteiger partial charge in [-0.2, -0.15) is 5.26 Å². The molecule has 0 amide bonds. The van der Waals surface area contributed by atoms with Crippen LogP contribution in [0.5, 0.6) is 11.5 Å². The van der Waals surface area contributed by atoms with Gasteiger partial charge < -0.3 is 4.74 Å². The molecule has 54 heavy (non-hydrogen) atoms. The Balaban J connectivity index is 1.16. The van der Waals surface area contributed by atoms with Crippen LogP contribution in [0.15, 0.2) is 164 Å². The predicted molar refractivity (Wildman–Crippen MR) is 210 cm³/mol. The SMILES string of the molecule is [C-]#[N+]c1cc(C#N)cc(-c2ccc(-c3nc(-c4ccccc4)nc(-c4ccc5c(c4)C4(c6ccccc6Oc6ccccc64)c4ccccc4-5)n3)cc2)c1. The Hall–Kier alpha value is -7.67. The summed E-state index contributed by atoms with van der Waals surface area (Å²) >= 11 is 0. The molecule has 2 heterocycles. The van der Waals surface area contributed by atoms with Crippen molar-refractivity contribution >= 4 is 5.69 Å². The third kappa shape index (κ3) is 4.75. The first-order valence-corrected chi connectivity index (χ1v) is 17.6. The van der Waals surface area contributed by atoms with Gasteiger partial charge in [0.2, 0.25) is 0 Å². The van der Waals surface area contributed by atoms with Crippen molar-refractivity contribution < 1.29 is 4.74 Å². The van der Waals surface area contributed by atoms with E-state index >= 15 is 0 Å². The molecule has 7 aromatic carbocycles. The second kappa shape index (κ2) is 12.2.